The molecule has 14 nitrogen and oxygen atoms in total. The molecular formula is C37H42ClF2N9O5S. The van der Waals surface area contributed by atoms with Crippen molar-refractivity contribution in [3.63, 3.8) is 0 Å². The molecule has 292 valence electrons. The van der Waals surface area contributed by atoms with Crippen LogP contribution in [0.2, 0.25) is 5.02 Å². The number of anilines is 4. The van der Waals surface area contributed by atoms with Crippen LogP contribution >= 0.6 is 22.9 Å². The van der Waals surface area contributed by atoms with Gasteiger partial charge in [-0.25, -0.2) is 23.7 Å². The molecule has 0 saturated carbocycles. The molecule has 2 fully saturated rings. The van der Waals surface area contributed by atoms with Gasteiger partial charge in [0, 0.05) is 70.0 Å². The number of piperazine rings is 1. The molecule has 2 aliphatic rings. The maximum absolute atomic E-state index is 14.7. The normalized spacial score (nSPS) is 15.7. The molecule has 4 heterocycles. The Morgan fingerprint density at radius 1 is 1.11 bits per heavy atom. The molecule has 0 aliphatic carbocycles. The van der Waals surface area contributed by atoms with E-state index in [0.29, 0.717) is 34.6 Å². The zero-order chi connectivity index (χ0) is 39.5. The number of carbonyl (C=O) groups excluding carboxylic acids is 4. The topological polar surface area (TPSA) is 171 Å². The number of aryl methyl sites for hydroxylation is 2. The molecule has 18 heteroatoms. The zero-order valence-electron chi connectivity index (χ0n) is 30.6. The molecule has 0 spiro atoms. The summed E-state index contributed by atoms with van der Waals surface area (Å²) in [6, 6.07) is 9.56. The summed E-state index contributed by atoms with van der Waals surface area (Å²) < 4.78 is 34.6. The molecule has 2 aromatic heterocycles. The van der Waals surface area contributed by atoms with Gasteiger partial charge in [0.15, 0.2) is 18.0 Å². The number of nitrogens with zero attached hydrogens (tertiary/aromatic N) is 5. The van der Waals surface area contributed by atoms with E-state index in [1.807, 2.05) is 45.2 Å². The van der Waals surface area contributed by atoms with E-state index in [0.717, 1.165) is 67.7 Å². The predicted octanol–water partition coefficient (Wildman–Crippen LogP) is 4.99. The largest absolute Gasteiger partial charge is 0.484 e. The number of para-hydroxylation sites is 1. The SMILES string of the molecule is CNc1c(C)cccc1Cl.Cc1nc(Nc2ncc(C=O)s2)cc(N2CCN(CCCNC(=O)COc3cc(F)c(C4CCC(=O)NC4=O)c(F)c3)CC2)n1. The molecule has 1 atom stereocenters. The number of aldehydes is 1. The van der Waals surface area contributed by atoms with Gasteiger partial charge in [-0.1, -0.05) is 35.1 Å². The van der Waals surface area contributed by atoms with Crippen LogP contribution in [0, 0.1) is 25.5 Å². The minimum atomic E-state index is -1.11. The Balaban J connectivity index is 0.000000504. The molecule has 4 aromatic rings. The molecule has 1 unspecified atom stereocenters. The van der Waals surface area contributed by atoms with Crippen LogP contribution in [0.4, 0.5) is 31.2 Å². The number of piperidine rings is 1. The van der Waals surface area contributed by atoms with Gasteiger partial charge in [-0.15, -0.1) is 0 Å². The van der Waals surface area contributed by atoms with Crippen LogP contribution in [0.1, 0.15) is 51.8 Å². The Hall–Kier alpha value is -5.26. The van der Waals surface area contributed by atoms with Crippen molar-refractivity contribution in [3.8, 4) is 5.75 Å². The monoisotopic (exact) mass is 797 g/mol. The van der Waals surface area contributed by atoms with Gasteiger partial charge in [0.2, 0.25) is 11.8 Å². The Labute approximate surface area is 326 Å². The lowest BCUT2D eigenvalue weighted by molar-refractivity contribution is -0.134. The average Bonchev–Trinajstić information content (AvgIpc) is 3.61. The van der Waals surface area contributed by atoms with E-state index in [9.17, 15) is 28.0 Å². The molecular weight excluding hydrogens is 756 g/mol. The Morgan fingerprint density at radius 3 is 2.49 bits per heavy atom. The highest BCUT2D eigenvalue weighted by molar-refractivity contribution is 7.17. The van der Waals surface area contributed by atoms with Crippen molar-refractivity contribution in [2.45, 2.75) is 39.0 Å². The summed E-state index contributed by atoms with van der Waals surface area (Å²) in [4.78, 5) is 64.7. The lowest BCUT2D eigenvalue weighted by Crippen LogP contribution is -2.47. The third kappa shape index (κ3) is 11.4. The van der Waals surface area contributed by atoms with Gasteiger partial charge in [-0.3, -0.25) is 29.4 Å². The van der Waals surface area contributed by atoms with Crippen LogP contribution in [0.15, 0.2) is 42.6 Å². The summed E-state index contributed by atoms with van der Waals surface area (Å²) in [6.07, 6.45) is 2.96. The standard InChI is InChI=1S/C29H32F2N8O5S.C8H10ClN/c1-17-34-23(36-29-33-14-19(15-40)45-29)13-24(35-17)39-9-7-38(8-10-39)6-2-5-32-26(42)16-44-18-11-21(30)27(22(31)12-18)20-3-4-25(41)37-28(20)43;1-6-4-3-5-7(9)8(6)10-2/h11-15,20H,2-10,16H2,1H3,(H,32,42)(H,37,41,43)(H,33,34,35,36);3-5,10H,1-2H3. The highest BCUT2D eigenvalue weighted by Crippen LogP contribution is 2.32. The molecule has 6 rings (SSSR count). The number of hydrogen-bond acceptors (Lipinski definition) is 13. The van der Waals surface area contributed by atoms with E-state index in [2.05, 4.69) is 46.0 Å². The summed E-state index contributed by atoms with van der Waals surface area (Å²) in [5, 5.41) is 12.4. The predicted molar refractivity (Wildman–Crippen MR) is 207 cm³/mol. The van der Waals surface area contributed by atoms with E-state index in [4.69, 9.17) is 16.3 Å². The molecule has 2 aliphatic heterocycles. The number of halogens is 3. The maximum Gasteiger partial charge on any atom is 0.257 e. The Kier molecular flexibility index (Phi) is 14.4. The number of amides is 3. The summed E-state index contributed by atoms with van der Waals surface area (Å²) >= 11 is 7.11. The average molecular weight is 798 g/mol. The number of benzene rings is 2. The lowest BCUT2D eigenvalue weighted by atomic mass is 9.89. The Bertz CT molecular complexity index is 1970. The van der Waals surface area contributed by atoms with Crippen molar-refractivity contribution in [3.05, 3.63) is 81.1 Å². The number of rotatable bonds is 13. The van der Waals surface area contributed by atoms with Crippen LogP contribution < -0.4 is 30.9 Å². The second-order valence-electron chi connectivity index (χ2n) is 12.8. The first kappa shape index (κ1) is 40.9. The first-order chi connectivity index (χ1) is 26.4. The minimum absolute atomic E-state index is 0.00749. The fourth-order valence-electron chi connectivity index (χ4n) is 6.11. The Morgan fingerprint density at radius 2 is 1.85 bits per heavy atom. The molecule has 0 radical (unpaired) electrons. The van der Waals surface area contributed by atoms with E-state index in [1.165, 1.54) is 23.1 Å². The van der Waals surface area contributed by atoms with E-state index < -0.39 is 47.4 Å². The molecule has 55 heavy (non-hydrogen) atoms. The summed E-state index contributed by atoms with van der Waals surface area (Å²) in [7, 11) is 1.87. The number of ether oxygens (including phenoxy) is 1. The van der Waals surface area contributed by atoms with Crippen molar-refractivity contribution < 1.29 is 32.7 Å². The first-order valence-corrected chi connectivity index (χ1v) is 18.8. The fourth-order valence-corrected chi connectivity index (χ4v) is 7.07. The van der Waals surface area contributed by atoms with Crippen molar-refractivity contribution in [1.82, 2.24) is 30.5 Å². The zero-order valence-corrected chi connectivity index (χ0v) is 32.2. The first-order valence-electron chi connectivity index (χ1n) is 17.6. The molecule has 3 amide bonds. The third-order valence-electron chi connectivity index (χ3n) is 8.85. The quantitative estimate of drug-likeness (QED) is 0.0813. The van der Waals surface area contributed by atoms with Gasteiger partial charge >= 0.3 is 0 Å². The molecule has 2 aromatic carbocycles. The summed E-state index contributed by atoms with van der Waals surface area (Å²) in [5.74, 6) is -2.87. The van der Waals surface area contributed by atoms with Gasteiger partial charge in [-0.2, -0.15) is 0 Å². The highest BCUT2D eigenvalue weighted by atomic mass is 35.5. The number of imide groups is 1. The van der Waals surface area contributed by atoms with Crippen LogP contribution in [0.3, 0.4) is 0 Å². The van der Waals surface area contributed by atoms with Gasteiger partial charge in [-0.05, 0) is 44.9 Å². The van der Waals surface area contributed by atoms with Crippen LogP contribution in [0.25, 0.3) is 0 Å². The van der Waals surface area contributed by atoms with Crippen molar-refractivity contribution in [2.24, 2.45) is 0 Å². The van der Waals surface area contributed by atoms with Crippen molar-refractivity contribution >= 4 is 69.4 Å². The van der Waals surface area contributed by atoms with Gasteiger partial charge in [0.1, 0.15) is 34.8 Å². The molecule has 2 saturated heterocycles. The van der Waals surface area contributed by atoms with E-state index in [1.54, 1.807) is 0 Å². The van der Waals surface area contributed by atoms with Crippen molar-refractivity contribution in [1.29, 1.82) is 0 Å². The van der Waals surface area contributed by atoms with Crippen LogP contribution in [0.5, 0.6) is 5.75 Å². The summed E-state index contributed by atoms with van der Waals surface area (Å²) in [6.45, 7) is 7.74. The van der Waals surface area contributed by atoms with Gasteiger partial charge in [0.05, 0.1) is 27.7 Å². The molecule has 4 N–H and O–H groups in total. The number of hydrogen-bond donors (Lipinski definition) is 4. The van der Waals surface area contributed by atoms with E-state index in [-0.39, 0.29) is 18.6 Å². The maximum atomic E-state index is 14.7. The number of thiazole rings is 1. The molecule has 0 bridgehead atoms. The number of carbonyl (C=O) groups is 4. The number of nitrogens with one attached hydrogen (secondary N) is 4. The second-order valence-corrected chi connectivity index (χ2v) is 14.2. The second kappa shape index (κ2) is 19.4. The van der Waals surface area contributed by atoms with Crippen LogP contribution in [-0.4, -0.2) is 96.8 Å². The van der Waals surface area contributed by atoms with Crippen LogP contribution in [-0.2, 0) is 14.4 Å². The van der Waals surface area contributed by atoms with E-state index >= 15 is 0 Å². The lowest BCUT2D eigenvalue weighted by Gasteiger charge is -2.35. The third-order valence-corrected chi connectivity index (χ3v) is 10.0. The number of aromatic nitrogens is 3. The van der Waals surface area contributed by atoms with Gasteiger partial charge in [0.25, 0.3) is 5.91 Å². The highest BCUT2D eigenvalue weighted by Gasteiger charge is 2.32. The van der Waals surface area contributed by atoms with Gasteiger partial charge < -0.3 is 25.6 Å². The van der Waals surface area contributed by atoms with Crippen molar-refractivity contribution in [2.75, 3.05) is 68.5 Å². The smallest absolute Gasteiger partial charge is 0.257 e. The fraction of sp³-hybridized carbons (Fsp3) is 0.378. The minimum Gasteiger partial charge on any atom is -0.484 e. The summed E-state index contributed by atoms with van der Waals surface area (Å²) in [5.41, 5.74) is 1.77.